The maximum Gasteiger partial charge on any atom is 0.353 e. The summed E-state index contributed by atoms with van der Waals surface area (Å²) in [5.41, 5.74) is 0.328. The Balaban J connectivity index is 1.67. The second-order valence-corrected chi connectivity index (χ2v) is 7.45. The molecule has 1 aliphatic carbocycles. The average molecular weight is 367 g/mol. The smallest absolute Gasteiger partial charge is 0.353 e. The van der Waals surface area contributed by atoms with E-state index in [1.807, 2.05) is 19.1 Å². The first-order valence-corrected chi connectivity index (χ1v) is 9.35. The van der Waals surface area contributed by atoms with E-state index in [1.165, 1.54) is 16.2 Å². The lowest BCUT2D eigenvalue weighted by Gasteiger charge is -2.22. The number of esters is 1. The zero-order chi connectivity index (χ0) is 18.3. The molecule has 0 spiro atoms. The number of benzene rings is 1. The number of nitrogens with zero attached hydrogens (tertiary/aromatic N) is 1. The second kappa shape index (κ2) is 6.53. The van der Waals surface area contributed by atoms with Gasteiger partial charge in [-0.2, -0.15) is 0 Å². The van der Waals surface area contributed by atoms with Crippen LogP contribution >= 0.6 is 11.3 Å². The molecule has 5 nitrogen and oxygen atoms in total. The Morgan fingerprint density at radius 3 is 2.69 bits per heavy atom. The molecular weight excluding hydrogens is 350 g/mol. The van der Waals surface area contributed by atoms with Crippen molar-refractivity contribution in [1.82, 2.24) is 0 Å². The molecule has 2 heterocycles. The van der Waals surface area contributed by atoms with Crippen molar-refractivity contribution in [3.8, 4) is 5.75 Å². The molecular formula is C20H17NO4S. The van der Waals surface area contributed by atoms with Crippen LogP contribution in [0.3, 0.4) is 0 Å². The van der Waals surface area contributed by atoms with Crippen molar-refractivity contribution in [3.63, 3.8) is 0 Å². The SMILES string of the molecule is C[C@@H]1C=CC[C@H]2C(=O)N(c3ccccc3OC(=O)c3cccs3)C(=O)[C@@H]12. The predicted molar refractivity (Wildman–Crippen MR) is 98.1 cm³/mol. The molecule has 1 fully saturated rings. The number of fused-ring (bicyclic) bond motifs is 1. The molecule has 3 atom stereocenters. The number of hydrogen-bond donors (Lipinski definition) is 0. The molecule has 1 aliphatic heterocycles. The summed E-state index contributed by atoms with van der Waals surface area (Å²) in [5, 5.41) is 1.79. The van der Waals surface area contributed by atoms with E-state index in [2.05, 4.69) is 0 Å². The highest BCUT2D eigenvalue weighted by atomic mass is 32.1. The Hall–Kier alpha value is -2.73. The lowest BCUT2D eigenvalue weighted by molar-refractivity contribution is -0.122. The van der Waals surface area contributed by atoms with Gasteiger partial charge in [0, 0.05) is 0 Å². The first-order valence-electron chi connectivity index (χ1n) is 8.47. The molecule has 1 aromatic carbocycles. The van der Waals surface area contributed by atoms with Gasteiger partial charge in [-0.25, -0.2) is 9.69 Å². The minimum atomic E-state index is -0.501. The van der Waals surface area contributed by atoms with Crippen LogP contribution in [0.2, 0.25) is 0 Å². The third-order valence-electron chi connectivity index (χ3n) is 4.90. The van der Waals surface area contributed by atoms with Gasteiger partial charge in [-0.05, 0) is 35.9 Å². The third-order valence-corrected chi connectivity index (χ3v) is 5.75. The normalized spacial score (nSPS) is 24.7. The monoisotopic (exact) mass is 367 g/mol. The molecule has 0 bridgehead atoms. The number of amides is 2. The van der Waals surface area contributed by atoms with Gasteiger partial charge in [-0.15, -0.1) is 11.3 Å². The van der Waals surface area contributed by atoms with Gasteiger partial charge in [0.05, 0.1) is 17.5 Å². The Labute approximate surface area is 154 Å². The molecule has 4 rings (SSSR count). The second-order valence-electron chi connectivity index (χ2n) is 6.50. The van der Waals surface area contributed by atoms with E-state index in [9.17, 15) is 14.4 Å². The van der Waals surface area contributed by atoms with Gasteiger partial charge in [0.15, 0.2) is 5.75 Å². The standard InChI is InChI=1S/C20H17NO4S/c1-12-6-4-7-13-17(12)19(23)21(18(13)22)14-8-2-3-9-15(14)25-20(24)16-10-5-11-26-16/h2-6,8-13,17H,7H2,1H3/t12-,13-,17+/m1/s1. The van der Waals surface area contributed by atoms with Crippen molar-refractivity contribution in [2.45, 2.75) is 13.3 Å². The van der Waals surface area contributed by atoms with E-state index in [0.717, 1.165) is 0 Å². The van der Waals surface area contributed by atoms with E-state index < -0.39 is 5.97 Å². The van der Waals surface area contributed by atoms with E-state index in [-0.39, 0.29) is 35.3 Å². The van der Waals surface area contributed by atoms with Crippen molar-refractivity contribution in [1.29, 1.82) is 0 Å². The highest BCUT2D eigenvalue weighted by molar-refractivity contribution is 7.12. The van der Waals surface area contributed by atoms with Gasteiger partial charge in [-0.1, -0.05) is 37.3 Å². The molecule has 6 heteroatoms. The fourth-order valence-corrected chi connectivity index (χ4v) is 4.26. The lowest BCUT2D eigenvalue weighted by Crippen LogP contribution is -2.32. The van der Waals surface area contributed by atoms with Crippen LogP contribution in [-0.4, -0.2) is 17.8 Å². The number of carbonyl (C=O) groups is 3. The van der Waals surface area contributed by atoms with E-state index in [0.29, 0.717) is 17.0 Å². The summed E-state index contributed by atoms with van der Waals surface area (Å²) < 4.78 is 5.49. The Morgan fingerprint density at radius 1 is 1.15 bits per heavy atom. The number of thiophene rings is 1. The number of ether oxygens (including phenoxy) is 1. The number of para-hydroxylation sites is 2. The van der Waals surface area contributed by atoms with Crippen molar-refractivity contribution in [2.75, 3.05) is 4.90 Å². The highest BCUT2D eigenvalue weighted by Crippen LogP contribution is 2.42. The van der Waals surface area contributed by atoms with Crippen molar-refractivity contribution < 1.29 is 19.1 Å². The van der Waals surface area contributed by atoms with E-state index in [4.69, 9.17) is 4.74 Å². The Morgan fingerprint density at radius 2 is 1.96 bits per heavy atom. The van der Waals surface area contributed by atoms with Gasteiger partial charge in [0.2, 0.25) is 11.8 Å². The summed E-state index contributed by atoms with van der Waals surface area (Å²) in [4.78, 5) is 39.8. The van der Waals surface area contributed by atoms with E-state index >= 15 is 0 Å². The Kier molecular flexibility index (Phi) is 4.20. The summed E-state index contributed by atoms with van der Waals surface area (Å²) >= 11 is 1.28. The van der Waals surface area contributed by atoms with Gasteiger partial charge < -0.3 is 4.74 Å². The summed E-state index contributed by atoms with van der Waals surface area (Å²) in [6.45, 7) is 1.95. The van der Waals surface area contributed by atoms with Gasteiger partial charge in [-0.3, -0.25) is 9.59 Å². The van der Waals surface area contributed by atoms with Crippen LogP contribution in [0.25, 0.3) is 0 Å². The van der Waals surface area contributed by atoms with Crippen LogP contribution in [0.15, 0.2) is 53.9 Å². The van der Waals surface area contributed by atoms with Gasteiger partial charge >= 0.3 is 5.97 Å². The van der Waals surface area contributed by atoms with Gasteiger partial charge in [0.25, 0.3) is 0 Å². The quantitative estimate of drug-likeness (QED) is 0.359. The summed E-state index contributed by atoms with van der Waals surface area (Å²) in [5.74, 6) is -1.42. The number of carbonyl (C=O) groups excluding carboxylic acids is 3. The van der Waals surface area contributed by atoms with Crippen LogP contribution in [0.4, 0.5) is 5.69 Å². The minimum absolute atomic E-state index is 0.0102. The molecule has 1 saturated heterocycles. The molecule has 2 aliphatic rings. The topological polar surface area (TPSA) is 63.7 Å². The molecule has 0 saturated carbocycles. The molecule has 26 heavy (non-hydrogen) atoms. The molecule has 0 unspecified atom stereocenters. The first kappa shape index (κ1) is 16.7. The summed E-state index contributed by atoms with van der Waals surface area (Å²) in [6, 6.07) is 10.1. The molecule has 2 amide bonds. The molecule has 2 aromatic rings. The third kappa shape index (κ3) is 2.66. The van der Waals surface area contributed by atoms with Gasteiger partial charge in [0.1, 0.15) is 4.88 Å². The number of imide groups is 1. The van der Waals surface area contributed by atoms with E-state index in [1.54, 1.807) is 41.8 Å². The van der Waals surface area contributed by atoms with Crippen LogP contribution < -0.4 is 9.64 Å². The van der Waals surface area contributed by atoms with Crippen LogP contribution in [-0.2, 0) is 9.59 Å². The highest BCUT2D eigenvalue weighted by Gasteiger charge is 2.51. The Bertz CT molecular complexity index is 902. The largest absolute Gasteiger partial charge is 0.420 e. The van der Waals surface area contributed by atoms with Crippen molar-refractivity contribution >= 4 is 34.8 Å². The lowest BCUT2D eigenvalue weighted by atomic mass is 9.78. The van der Waals surface area contributed by atoms with Crippen molar-refractivity contribution in [2.24, 2.45) is 17.8 Å². The number of anilines is 1. The summed E-state index contributed by atoms with van der Waals surface area (Å²) in [7, 11) is 0. The zero-order valence-electron chi connectivity index (χ0n) is 14.1. The minimum Gasteiger partial charge on any atom is -0.420 e. The maximum absolute atomic E-state index is 13.0. The molecule has 132 valence electrons. The van der Waals surface area contributed by atoms with Crippen molar-refractivity contribution in [3.05, 3.63) is 58.8 Å². The fraction of sp³-hybridized carbons (Fsp3) is 0.250. The van der Waals surface area contributed by atoms with Crippen LogP contribution in [0.1, 0.15) is 23.0 Å². The molecule has 1 aromatic heterocycles. The van der Waals surface area contributed by atoms with Crippen LogP contribution in [0, 0.1) is 17.8 Å². The average Bonchev–Trinajstić information content (AvgIpc) is 3.25. The molecule has 0 radical (unpaired) electrons. The number of hydrogen-bond acceptors (Lipinski definition) is 5. The summed E-state index contributed by atoms with van der Waals surface area (Å²) in [6.07, 6.45) is 4.51. The zero-order valence-corrected chi connectivity index (χ0v) is 14.9. The predicted octanol–water partition coefficient (Wildman–Crippen LogP) is 3.67. The first-order chi connectivity index (χ1) is 12.6. The number of rotatable bonds is 3. The molecule has 0 N–H and O–H groups in total. The maximum atomic E-state index is 13.0. The fourth-order valence-electron chi connectivity index (χ4n) is 3.66. The van der Waals surface area contributed by atoms with Crippen LogP contribution in [0.5, 0.6) is 5.75 Å². The number of allylic oxidation sites excluding steroid dienone is 2.